The average Bonchev–Trinajstić information content (AvgIpc) is 2.72. The van der Waals surface area contributed by atoms with Crippen molar-refractivity contribution < 1.29 is 14.3 Å². The normalized spacial score (nSPS) is 10.9. The molecule has 3 aromatic rings. The van der Waals surface area contributed by atoms with Crippen LogP contribution in [0, 0.1) is 11.3 Å². The third-order valence-corrected chi connectivity index (χ3v) is 4.68. The second-order valence-corrected chi connectivity index (χ2v) is 7.37. The zero-order valence-electron chi connectivity index (χ0n) is 15.4. The van der Waals surface area contributed by atoms with Crippen LogP contribution in [0.3, 0.4) is 0 Å². The molecule has 0 fully saturated rings. The molecular formula is C23H14Cl3NO3. The van der Waals surface area contributed by atoms with Gasteiger partial charge in [0.1, 0.15) is 11.5 Å². The molecule has 0 saturated heterocycles. The minimum Gasteiger partial charge on any atom is -0.480 e. The van der Waals surface area contributed by atoms with E-state index in [9.17, 15) is 10.1 Å². The summed E-state index contributed by atoms with van der Waals surface area (Å²) in [6.07, 6.45) is 1.73. The number of allylic oxidation sites excluding steroid dienone is 1. The first-order valence-electron chi connectivity index (χ1n) is 8.71. The molecule has 7 heteroatoms. The number of hydrogen-bond acceptors (Lipinski definition) is 4. The molecule has 4 nitrogen and oxygen atoms in total. The van der Waals surface area contributed by atoms with Crippen molar-refractivity contribution in [2.45, 2.75) is 0 Å². The van der Waals surface area contributed by atoms with Gasteiger partial charge in [0.15, 0.2) is 6.61 Å². The van der Waals surface area contributed by atoms with E-state index < -0.39 is 5.97 Å². The van der Waals surface area contributed by atoms with Crippen LogP contribution in [0.4, 0.5) is 0 Å². The van der Waals surface area contributed by atoms with Crippen molar-refractivity contribution in [3.05, 3.63) is 92.9 Å². The Bertz CT molecular complexity index is 1140. The number of ether oxygens (including phenoxy) is 2. The highest BCUT2D eigenvalue weighted by atomic mass is 35.5. The van der Waals surface area contributed by atoms with E-state index in [4.69, 9.17) is 44.3 Å². The maximum absolute atomic E-state index is 12.0. The summed E-state index contributed by atoms with van der Waals surface area (Å²) in [5, 5.41) is 10.8. The summed E-state index contributed by atoms with van der Waals surface area (Å²) in [5.41, 5.74) is 1.96. The number of esters is 1. The van der Waals surface area contributed by atoms with Gasteiger partial charge in [0, 0.05) is 10.0 Å². The number of halogens is 3. The van der Waals surface area contributed by atoms with Crippen molar-refractivity contribution in [1.82, 2.24) is 0 Å². The zero-order chi connectivity index (χ0) is 21.5. The first kappa shape index (κ1) is 21.7. The summed E-state index contributed by atoms with van der Waals surface area (Å²) in [5.74, 6) is 0.105. The van der Waals surface area contributed by atoms with E-state index in [1.165, 1.54) is 6.07 Å². The molecule has 150 valence electrons. The molecule has 3 aromatic carbocycles. The molecule has 0 saturated carbocycles. The largest absolute Gasteiger partial charge is 0.480 e. The smallest absolute Gasteiger partial charge is 0.349 e. The Morgan fingerprint density at radius 1 is 0.967 bits per heavy atom. The number of carbonyl (C=O) groups is 1. The lowest BCUT2D eigenvalue weighted by Gasteiger charge is -2.08. The Morgan fingerprint density at radius 2 is 1.70 bits per heavy atom. The third-order valence-electron chi connectivity index (χ3n) is 3.92. The molecule has 0 N–H and O–H groups in total. The van der Waals surface area contributed by atoms with Gasteiger partial charge in [-0.05, 0) is 59.7 Å². The van der Waals surface area contributed by atoms with Gasteiger partial charge in [-0.1, -0.05) is 59.1 Å². The second-order valence-electron chi connectivity index (χ2n) is 6.09. The molecule has 0 aromatic heterocycles. The minimum absolute atomic E-state index is 0.305. The molecule has 0 spiro atoms. The molecule has 0 aliphatic carbocycles. The van der Waals surface area contributed by atoms with Crippen molar-refractivity contribution in [1.29, 1.82) is 5.26 Å². The quantitative estimate of drug-likeness (QED) is 0.179. The first-order chi connectivity index (χ1) is 14.4. The molecule has 0 radical (unpaired) electrons. The van der Waals surface area contributed by atoms with E-state index in [-0.39, 0.29) is 6.61 Å². The predicted molar refractivity (Wildman–Crippen MR) is 119 cm³/mol. The number of carbonyl (C=O) groups excluding carboxylic acids is 1. The van der Waals surface area contributed by atoms with Crippen LogP contribution in [-0.2, 0) is 4.79 Å². The Morgan fingerprint density at radius 3 is 2.37 bits per heavy atom. The van der Waals surface area contributed by atoms with Crippen molar-refractivity contribution >= 4 is 52.4 Å². The van der Waals surface area contributed by atoms with E-state index in [1.807, 2.05) is 6.07 Å². The molecule has 0 aliphatic heterocycles. The van der Waals surface area contributed by atoms with Crippen LogP contribution in [0.15, 0.2) is 66.7 Å². The third kappa shape index (κ3) is 6.01. The number of benzene rings is 3. The summed E-state index contributed by atoms with van der Waals surface area (Å²) in [6, 6.07) is 20.7. The number of nitrogens with zero attached hydrogens (tertiary/aromatic N) is 1. The van der Waals surface area contributed by atoms with Gasteiger partial charge in [-0.25, -0.2) is 4.79 Å². The number of nitriles is 1. The van der Waals surface area contributed by atoms with Crippen LogP contribution >= 0.6 is 34.8 Å². The van der Waals surface area contributed by atoms with E-state index in [0.29, 0.717) is 32.1 Å². The summed E-state index contributed by atoms with van der Waals surface area (Å²) in [6.45, 7) is -0.309. The standard InChI is InChI=1S/C23H14Cl3NO3/c24-18-3-1-2-16(11-18)17(13-27)10-15-4-7-20(8-5-15)30-23(28)14-29-22-9-6-19(25)12-21(22)26/h1-12H,14H2/b17-10-. The van der Waals surface area contributed by atoms with E-state index >= 15 is 0 Å². The molecular weight excluding hydrogens is 445 g/mol. The van der Waals surface area contributed by atoms with Crippen LogP contribution in [0.25, 0.3) is 11.6 Å². The first-order valence-corrected chi connectivity index (χ1v) is 9.84. The lowest BCUT2D eigenvalue weighted by molar-refractivity contribution is -0.136. The fraction of sp³-hybridized carbons (Fsp3) is 0.0435. The van der Waals surface area contributed by atoms with E-state index in [1.54, 1.807) is 60.7 Å². The molecule has 0 heterocycles. The Kier molecular flexibility index (Phi) is 7.37. The van der Waals surface area contributed by atoms with Gasteiger partial charge in [-0.3, -0.25) is 0 Å². The van der Waals surface area contributed by atoms with Crippen LogP contribution in [0.5, 0.6) is 11.5 Å². The Labute approximate surface area is 188 Å². The van der Waals surface area contributed by atoms with Gasteiger partial charge < -0.3 is 9.47 Å². The lowest BCUT2D eigenvalue weighted by Crippen LogP contribution is -2.17. The fourth-order valence-corrected chi connectivity index (χ4v) is 3.18. The van der Waals surface area contributed by atoms with Crippen molar-refractivity contribution in [3.8, 4) is 17.6 Å². The topological polar surface area (TPSA) is 59.3 Å². The summed E-state index contributed by atoms with van der Waals surface area (Å²) in [4.78, 5) is 12.0. The highest BCUT2D eigenvalue weighted by Crippen LogP contribution is 2.27. The molecule has 0 aliphatic rings. The van der Waals surface area contributed by atoms with Gasteiger partial charge in [-0.2, -0.15) is 5.26 Å². The van der Waals surface area contributed by atoms with Crippen LogP contribution in [-0.4, -0.2) is 12.6 Å². The predicted octanol–water partition coefficient (Wildman–Crippen LogP) is 6.70. The lowest BCUT2D eigenvalue weighted by atomic mass is 10.0. The monoisotopic (exact) mass is 457 g/mol. The second kappa shape index (κ2) is 10.2. The van der Waals surface area contributed by atoms with Crippen molar-refractivity contribution in [2.75, 3.05) is 6.61 Å². The molecule has 0 bridgehead atoms. The molecule has 3 rings (SSSR count). The van der Waals surface area contributed by atoms with Gasteiger partial charge >= 0.3 is 5.97 Å². The van der Waals surface area contributed by atoms with Gasteiger partial charge in [0.05, 0.1) is 16.7 Å². The van der Waals surface area contributed by atoms with E-state index in [0.717, 1.165) is 11.1 Å². The minimum atomic E-state index is -0.582. The highest BCUT2D eigenvalue weighted by molar-refractivity contribution is 6.35. The number of rotatable bonds is 6. The summed E-state index contributed by atoms with van der Waals surface area (Å²) in [7, 11) is 0. The van der Waals surface area contributed by atoms with Crippen LogP contribution < -0.4 is 9.47 Å². The summed E-state index contributed by atoms with van der Waals surface area (Å²) < 4.78 is 10.6. The number of hydrogen-bond donors (Lipinski definition) is 0. The van der Waals surface area contributed by atoms with Gasteiger partial charge in [0.2, 0.25) is 0 Å². The SMILES string of the molecule is N#C/C(=C/c1ccc(OC(=O)COc2ccc(Cl)cc2Cl)cc1)c1cccc(Cl)c1. The van der Waals surface area contributed by atoms with Crippen molar-refractivity contribution in [3.63, 3.8) is 0 Å². The summed E-state index contributed by atoms with van der Waals surface area (Å²) >= 11 is 17.8. The Hall–Kier alpha value is -2.97. The maximum Gasteiger partial charge on any atom is 0.349 e. The van der Waals surface area contributed by atoms with E-state index in [2.05, 4.69) is 6.07 Å². The van der Waals surface area contributed by atoms with Crippen LogP contribution in [0.1, 0.15) is 11.1 Å². The van der Waals surface area contributed by atoms with Gasteiger partial charge in [-0.15, -0.1) is 0 Å². The Balaban J connectivity index is 1.62. The zero-order valence-corrected chi connectivity index (χ0v) is 17.7. The fourth-order valence-electron chi connectivity index (χ4n) is 2.52. The molecule has 0 amide bonds. The van der Waals surface area contributed by atoms with Crippen LogP contribution in [0.2, 0.25) is 15.1 Å². The maximum atomic E-state index is 12.0. The highest BCUT2D eigenvalue weighted by Gasteiger charge is 2.09. The molecule has 0 atom stereocenters. The molecule has 30 heavy (non-hydrogen) atoms. The average molecular weight is 459 g/mol. The van der Waals surface area contributed by atoms with Crippen molar-refractivity contribution in [2.24, 2.45) is 0 Å². The van der Waals surface area contributed by atoms with Gasteiger partial charge in [0.25, 0.3) is 0 Å². The molecule has 0 unspecified atom stereocenters.